The topological polar surface area (TPSA) is 43.8 Å². The van der Waals surface area contributed by atoms with Crippen molar-refractivity contribution in [1.29, 1.82) is 0 Å². The first kappa shape index (κ1) is 12.9. The summed E-state index contributed by atoms with van der Waals surface area (Å²) >= 11 is 6.33. The van der Waals surface area contributed by atoms with Gasteiger partial charge in [0.25, 0.3) is 0 Å². The maximum atomic E-state index is 6.33. The van der Waals surface area contributed by atoms with Crippen molar-refractivity contribution in [3.8, 4) is 0 Å². The second kappa shape index (κ2) is 4.29. The molecule has 1 heterocycles. The van der Waals surface area contributed by atoms with Crippen molar-refractivity contribution < 1.29 is 0 Å². The van der Waals surface area contributed by atoms with Gasteiger partial charge < -0.3 is 5.73 Å². The summed E-state index contributed by atoms with van der Waals surface area (Å²) in [7, 11) is 1.95. The van der Waals surface area contributed by atoms with Gasteiger partial charge in [-0.3, -0.25) is 4.68 Å². The second-order valence-electron chi connectivity index (χ2n) is 5.85. The highest BCUT2D eigenvalue weighted by Gasteiger charge is 2.49. The minimum absolute atomic E-state index is 0.197. The quantitative estimate of drug-likeness (QED) is 0.899. The molecular formula is C13H22ClN3. The minimum Gasteiger partial charge on any atom is -0.327 e. The average Bonchev–Trinajstić information content (AvgIpc) is 2.81. The van der Waals surface area contributed by atoms with Crippen LogP contribution in [0.1, 0.15) is 38.6 Å². The molecule has 0 spiro atoms. The molecule has 1 aliphatic rings. The smallest absolute Gasteiger partial charge is 0.0850 e. The molecule has 2 unspecified atom stereocenters. The van der Waals surface area contributed by atoms with E-state index in [0.717, 1.165) is 29.3 Å². The van der Waals surface area contributed by atoms with Gasteiger partial charge in [0, 0.05) is 19.5 Å². The van der Waals surface area contributed by atoms with Gasteiger partial charge in [0.2, 0.25) is 0 Å². The van der Waals surface area contributed by atoms with E-state index in [1.165, 1.54) is 6.42 Å². The van der Waals surface area contributed by atoms with Crippen molar-refractivity contribution in [2.45, 2.75) is 46.1 Å². The van der Waals surface area contributed by atoms with Crippen LogP contribution < -0.4 is 5.73 Å². The van der Waals surface area contributed by atoms with Gasteiger partial charge in [-0.2, -0.15) is 5.10 Å². The van der Waals surface area contributed by atoms with Gasteiger partial charge in [0.15, 0.2) is 0 Å². The molecule has 2 N–H and O–H groups in total. The number of nitrogens with zero attached hydrogens (tertiary/aromatic N) is 2. The van der Waals surface area contributed by atoms with E-state index in [1.54, 1.807) is 0 Å². The molecule has 1 fully saturated rings. The predicted molar refractivity (Wildman–Crippen MR) is 71.2 cm³/mol. The Morgan fingerprint density at radius 3 is 2.59 bits per heavy atom. The third-order valence-electron chi connectivity index (χ3n) is 4.04. The molecule has 0 aromatic carbocycles. The van der Waals surface area contributed by atoms with Gasteiger partial charge >= 0.3 is 0 Å². The minimum atomic E-state index is 0.197. The fourth-order valence-electron chi connectivity index (χ4n) is 2.65. The molecule has 0 saturated heterocycles. The Kier molecular flexibility index (Phi) is 3.25. The molecule has 1 aliphatic carbocycles. The van der Waals surface area contributed by atoms with Crippen LogP contribution in [0.25, 0.3) is 0 Å². The molecule has 1 aromatic heterocycles. The van der Waals surface area contributed by atoms with E-state index in [2.05, 4.69) is 25.9 Å². The molecule has 1 saturated carbocycles. The monoisotopic (exact) mass is 255 g/mol. The van der Waals surface area contributed by atoms with Crippen LogP contribution in [0, 0.1) is 11.3 Å². The zero-order chi connectivity index (χ0) is 12.8. The summed E-state index contributed by atoms with van der Waals surface area (Å²) < 4.78 is 1.89. The van der Waals surface area contributed by atoms with Crippen molar-refractivity contribution in [3.05, 3.63) is 16.4 Å². The molecule has 0 bridgehead atoms. The number of aryl methyl sites for hydroxylation is 2. The van der Waals surface area contributed by atoms with Crippen molar-refractivity contribution in [2.24, 2.45) is 24.1 Å². The third-order valence-corrected chi connectivity index (χ3v) is 4.47. The van der Waals surface area contributed by atoms with Crippen LogP contribution in [-0.2, 0) is 19.9 Å². The normalized spacial score (nSPS) is 23.8. The Balaban J connectivity index is 2.11. The lowest BCUT2D eigenvalue weighted by Gasteiger charge is -2.13. The van der Waals surface area contributed by atoms with Crippen LogP contribution in [0.3, 0.4) is 0 Å². The zero-order valence-electron chi connectivity index (χ0n) is 11.1. The lowest BCUT2D eigenvalue weighted by Crippen LogP contribution is -2.28. The van der Waals surface area contributed by atoms with Crippen LogP contribution in [0.5, 0.6) is 0 Å². The Morgan fingerprint density at radius 1 is 1.59 bits per heavy atom. The van der Waals surface area contributed by atoms with Gasteiger partial charge in [0.05, 0.1) is 16.4 Å². The van der Waals surface area contributed by atoms with E-state index in [1.807, 2.05) is 11.7 Å². The summed E-state index contributed by atoms with van der Waals surface area (Å²) in [5.41, 5.74) is 8.75. The van der Waals surface area contributed by atoms with E-state index < -0.39 is 0 Å². The maximum Gasteiger partial charge on any atom is 0.0850 e. The third kappa shape index (κ3) is 2.36. The molecule has 96 valence electrons. The highest BCUT2D eigenvalue weighted by Crippen LogP contribution is 2.53. The van der Waals surface area contributed by atoms with Crippen LogP contribution in [-0.4, -0.2) is 15.8 Å². The van der Waals surface area contributed by atoms with E-state index in [-0.39, 0.29) is 6.04 Å². The first-order valence-corrected chi connectivity index (χ1v) is 6.70. The molecule has 0 amide bonds. The predicted octanol–water partition coefficient (Wildman–Crippen LogP) is 2.55. The van der Waals surface area contributed by atoms with Crippen LogP contribution >= 0.6 is 11.6 Å². The van der Waals surface area contributed by atoms with E-state index in [4.69, 9.17) is 17.3 Å². The summed E-state index contributed by atoms with van der Waals surface area (Å²) in [4.78, 5) is 0. The Labute approximate surface area is 108 Å². The molecule has 3 nitrogen and oxygen atoms in total. The number of aromatic nitrogens is 2. The lowest BCUT2D eigenvalue weighted by atomic mass is 10.0. The first-order chi connectivity index (χ1) is 7.86. The molecule has 0 radical (unpaired) electrons. The number of hydrogen-bond acceptors (Lipinski definition) is 2. The largest absolute Gasteiger partial charge is 0.327 e. The SMILES string of the molecule is CCc1nn(C)c(CC(N)C2CC2(C)C)c1Cl. The molecule has 2 rings (SSSR count). The summed E-state index contributed by atoms with van der Waals surface area (Å²) in [6, 6.07) is 0.197. The molecular weight excluding hydrogens is 234 g/mol. The maximum absolute atomic E-state index is 6.33. The van der Waals surface area contributed by atoms with E-state index >= 15 is 0 Å². The standard InChI is InChI=1S/C13H22ClN3/c1-5-10-12(14)11(17(4)16-10)6-9(15)8-7-13(8,2)3/h8-9H,5-7,15H2,1-4H3. The lowest BCUT2D eigenvalue weighted by molar-refractivity contribution is 0.467. The molecule has 2 atom stereocenters. The summed E-state index contributed by atoms with van der Waals surface area (Å²) in [5.74, 6) is 0.624. The Bertz CT molecular complexity index is 423. The molecule has 17 heavy (non-hydrogen) atoms. The van der Waals surface area contributed by atoms with Crippen molar-refractivity contribution in [1.82, 2.24) is 9.78 Å². The molecule has 1 aromatic rings. The van der Waals surface area contributed by atoms with Crippen molar-refractivity contribution >= 4 is 11.6 Å². The number of nitrogens with two attached hydrogens (primary N) is 1. The first-order valence-electron chi connectivity index (χ1n) is 6.32. The van der Waals surface area contributed by atoms with Crippen LogP contribution in [0.15, 0.2) is 0 Å². The van der Waals surface area contributed by atoms with Crippen molar-refractivity contribution in [2.75, 3.05) is 0 Å². The fourth-order valence-corrected chi connectivity index (χ4v) is 3.02. The number of halogens is 1. The molecule has 4 heteroatoms. The van der Waals surface area contributed by atoms with Crippen LogP contribution in [0.4, 0.5) is 0 Å². The Hall–Kier alpha value is -0.540. The highest BCUT2D eigenvalue weighted by atomic mass is 35.5. The summed E-state index contributed by atoms with van der Waals surface area (Å²) in [6.45, 7) is 6.63. The van der Waals surface area contributed by atoms with E-state index in [0.29, 0.717) is 11.3 Å². The van der Waals surface area contributed by atoms with Crippen LogP contribution in [0.2, 0.25) is 5.02 Å². The average molecular weight is 256 g/mol. The van der Waals surface area contributed by atoms with Gasteiger partial charge in [-0.25, -0.2) is 0 Å². The zero-order valence-corrected chi connectivity index (χ0v) is 11.9. The van der Waals surface area contributed by atoms with Gasteiger partial charge in [-0.05, 0) is 24.2 Å². The van der Waals surface area contributed by atoms with Crippen molar-refractivity contribution in [3.63, 3.8) is 0 Å². The fraction of sp³-hybridized carbons (Fsp3) is 0.769. The van der Waals surface area contributed by atoms with Gasteiger partial charge in [0.1, 0.15) is 0 Å². The summed E-state index contributed by atoms with van der Waals surface area (Å²) in [5, 5.41) is 5.24. The van der Waals surface area contributed by atoms with Gasteiger partial charge in [-0.1, -0.05) is 32.4 Å². The number of rotatable bonds is 4. The van der Waals surface area contributed by atoms with E-state index in [9.17, 15) is 0 Å². The second-order valence-corrected chi connectivity index (χ2v) is 6.23. The number of hydrogen-bond donors (Lipinski definition) is 1. The summed E-state index contributed by atoms with van der Waals surface area (Å²) in [6.07, 6.45) is 2.93. The highest BCUT2D eigenvalue weighted by molar-refractivity contribution is 6.31. The Morgan fingerprint density at radius 2 is 2.18 bits per heavy atom. The molecule has 0 aliphatic heterocycles. The van der Waals surface area contributed by atoms with Gasteiger partial charge in [-0.15, -0.1) is 0 Å².